The topological polar surface area (TPSA) is 111 Å². The van der Waals surface area contributed by atoms with E-state index in [-0.39, 0.29) is 12.3 Å². The van der Waals surface area contributed by atoms with Crippen LogP contribution in [0.15, 0.2) is 24.4 Å². The molecular weight excluding hydrogens is 238 g/mol. The van der Waals surface area contributed by atoms with E-state index in [0.29, 0.717) is 11.9 Å². The summed E-state index contributed by atoms with van der Waals surface area (Å²) in [7, 11) is 0. The smallest absolute Gasteiger partial charge is 0.404 e. The number of nitrogens with two attached hydrogens (primary N) is 1. The minimum atomic E-state index is -0.856. The molecule has 0 aliphatic carbocycles. The third-order valence-corrected chi connectivity index (χ3v) is 2.57. The summed E-state index contributed by atoms with van der Waals surface area (Å²) in [5.74, 6) is 0. The number of amides is 1. The van der Waals surface area contributed by atoms with Crippen LogP contribution in [-0.2, 0) is 11.2 Å². The van der Waals surface area contributed by atoms with Crippen molar-refractivity contribution in [1.82, 2.24) is 4.98 Å². The molecule has 0 unspecified atom stereocenters. The number of fused-ring (bicyclic) bond motifs is 1. The van der Waals surface area contributed by atoms with Gasteiger partial charge in [-0.2, -0.15) is 0 Å². The molecule has 0 atom stereocenters. The Morgan fingerprint density at radius 2 is 2.28 bits per heavy atom. The van der Waals surface area contributed by atoms with Crippen molar-refractivity contribution < 1.29 is 14.5 Å². The van der Waals surface area contributed by atoms with E-state index in [0.717, 1.165) is 10.9 Å². The average Bonchev–Trinajstić information content (AvgIpc) is 2.76. The Hall–Kier alpha value is -2.57. The van der Waals surface area contributed by atoms with Crippen LogP contribution in [0.3, 0.4) is 0 Å². The standard InChI is InChI=1S/C11H11N3O4/c12-11(15)18-4-2-7-5-8(14(16)17)6-10-9(7)1-3-13-10/h1,3,5-6,13H,2,4H2,(H2,12,15). The molecule has 18 heavy (non-hydrogen) atoms. The number of carbonyl (C=O) groups excluding carboxylic acids is 1. The predicted molar refractivity (Wildman–Crippen MR) is 64.2 cm³/mol. The number of hydrogen-bond acceptors (Lipinski definition) is 4. The molecule has 0 aliphatic rings. The molecule has 3 N–H and O–H groups in total. The van der Waals surface area contributed by atoms with Crippen LogP contribution < -0.4 is 5.73 Å². The summed E-state index contributed by atoms with van der Waals surface area (Å²) in [6.45, 7) is 0.0940. The molecule has 1 aromatic heterocycles. The fourth-order valence-electron chi connectivity index (χ4n) is 1.80. The number of primary amides is 1. The number of benzene rings is 1. The van der Waals surface area contributed by atoms with Crippen molar-refractivity contribution >= 4 is 22.7 Å². The number of aromatic nitrogens is 1. The Balaban J connectivity index is 2.31. The van der Waals surface area contributed by atoms with Crippen LogP contribution in [0.2, 0.25) is 0 Å². The summed E-state index contributed by atoms with van der Waals surface area (Å²) in [5, 5.41) is 11.7. The van der Waals surface area contributed by atoms with E-state index in [4.69, 9.17) is 5.73 Å². The molecule has 0 saturated heterocycles. The first kappa shape index (κ1) is 11.9. The number of nitrogens with zero attached hydrogens (tertiary/aromatic N) is 1. The molecule has 1 aromatic carbocycles. The second-order valence-electron chi connectivity index (χ2n) is 3.72. The van der Waals surface area contributed by atoms with Crippen molar-refractivity contribution in [1.29, 1.82) is 0 Å². The third-order valence-electron chi connectivity index (χ3n) is 2.57. The number of non-ortho nitro benzene ring substituents is 1. The second kappa shape index (κ2) is 4.74. The molecule has 0 spiro atoms. The molecule has 0 bridgehead atoms. The molecule has 0 fully saturated rings. The van der Waals surface area contributed by atoms with Crippen LogP contribution in [0.25, 0.3) is 10.9 Å². The fourth-order valence-corrected chi connectivity index (χ4v) is 1.80. The average molecular weight is 249 g/mol. The van der Waals surface area contributed by atoms with Gasteiger partial charge in [0.1, 0.15) is 0 Å². The number of nitrogens with one attached hydrogen (secondary N) is 1. The molecule has 2 rings (SSSR count). The van der Waals surface area contributed by atoms with Gasteiger partial charge in [0, 0.05) is 30.1 Å². The summed E-state index contributed by atoms with van der Waals surface area (Å²) in [4.78, 5) is 23.7. The monoisotopic (exact) mass is 249 g/mol. The zero-order chi connectivity index (χ0) is 13.1. The normalized spacial score (nSPS) is 10.4. The Morgan fingerprint density at radius 3 is 2.94 bits per heavy atom. The van der Waals surface area contributed by atoms with Crippen LogP contribution in [0.1, 0.15) is 5.56 Å². The van der Waals surface area contributed by atoms with Crippen LogP contribution in [0.4, 0.5) is 10.5 Å². The van der Waals surface area contributed by atoms with Gasteiger partial charge in [0.15, 0.2) is 0 Å². The molecule has 0 saturated carbocycles. The predicted octanol–water partition coefficient (Wildman–Crippen LogP) is 1.71. The summed E-state index contributed by atoms with van der Waals surface area (Å²) in [5.41, 5.74) is 6.27. The molecule has 1 heterocycles. The lowest BCUT2D eigenvalue weighted by atomic mass is 10.1. The van der Waals surface area contributed by atoms with Crippen molar-refractivity contribution in [3.05, 3.63) is 40.1 Å². The van der Waals surface area contributed by atoms with Gasteiger partial charge in [0.25, 0.3) is 5.69 Å². The number of hydrogen-bond donors (Lipinski definition) is 2. The van der Waals surface area contributed by atoms with Gasteiger partial charge in [-0.1, -0.05) is 0 Å². The molecule has 7 nitrogen and oxygen atoms in total. The number of nitro groups is 1. The highest BCUT2D eigenvalue weighted by Gasteiger charge is 2.12. The van der Waals surface area contributed by atoms with E-state index in [9.17, 15) is 14.9 Å². The van der Waals surface area contributed by atoms with E-state index in [2.05, 4.69) is 9.72 Å². The zero-order valence-electron chi connectivity index (χ0n) is 9.38. The van der Waals surface area contributed by atoms with Crippen LogP contribution in [0, 0.1) is 10.1 Å². The van der Waals surface area contributed by atoms with Gasteiger partial charge in [-0.25, -0.2) is 4.79 Å². The van der Waals surface area contributed by atoms with E-state index in [1.807, 2.05) is 6.07 Å². The lowest BCUT2D eigenvalue weighted by molar-refractivity contribution is -0.384. The maximum Gasteiger partial charge on any atom is 0.404 e. The van der Waals surface area contributed by atoms with Gasteiger partial charge in [-0.3, -0.25) is 10.1 Å². The van der Waals surface area contributed by atoms with Gasteiger partial charge < -0.3 is 15.5 Å². The second-order valence-corrected chi connectivity index (χ2v) is 3.72. The number of aromatic amines is 1. The van der Waals surface area contributed by atoms with E-state index in [1.54, 1.807) is 6.20 Å². The lowest BCUT2D eigenvalue weighted by Gasteiger charge is -2.04. The molecule has 2 aromatic rings. The zero-order valence-corrected chi connectivity index (χ0v) is 9.38. The highest BCUT2D eigenvalue weighted by Crippen LogP contribution is 2.24. The van der Waals surface area contributed by atoms with Gasteiger partial charge >= 0.3 is 6.09 Å². The number of nitro benzene ring substituents is 1. The maximum atomic E-state index is 10.8. The molecule has 94 valence electrons. The van der Waals surface area contributed by atoms with Crippen molar-refractivity contribution in [2.75, 3.05) is 6.61 Å². The number of rotatable bonds is 4. The number of H-pyrrole nitrogens is 1. The first-order valence-electron chi connectivity index (χ1n) is 5.24. The Bertz CT molecular complexity index is 605. The van der Waals surface area contributed by atoms with E-state index >= 15 is 0 Å². The van der Waals surface area contributed by atoms with Gasteiger partial charge in [-0.05, 0) is 11.6 Å². The van der Waals surface area contributed by atoms with Crippen molar-refractivity contribution in [3.8, 4) is 0 Å². The summed E-state index contributed by atoms with van der Waals surface area (Å²) < 4.78 is 4.63. The van der Waals surface area contributed by atoms with E-state index < -0.39 is 11.0 Å². The van der Waals surface area contributed by atoms with Crippen LogP contribution in [0.5, 0.6) is 0 Å². The van der Waals surface area contributed by atoms with Crippen LogP contribution >= 0.6 is 0 Å². The van der Waals surface area contributed by atoms with Gasteiger partial charge in [0.05, 0.1) is 17.0 Å². The van der Waals surface area contributed by atoms with Crippen LogP contribution in [-0.4, -0.2) is 22.6 Å². The lowest BCUT2D eigenvalue weighted by Crippen LogP contribution is -2.14. The quantitative estimate of drug-likeness (QED) is 0.634. The van der Waals surface area contributed by atoms with Crippen molar-refractivity contribution in [2.45, 2.75) is 6.42 Å². The maximum absolute atomic E-state index is 10.8. The Labute approximate surface area is 102 Å². The van der Waals surface area contributed by atoms with E-state index in [1.165, 1.54) is 12.1 Å². The highest BCUT2D eigenvalue weighted by molar-refractivity contribution is 5.85. The Kier molecular flexibility index (Phi) is 3.13. The summed E-state index contributed by atoms with van der Waals surface area (Å²) in [6, 6.07) is 4.76. The highest BCUT2D eigenvalue weighted by atomic mass is 16.6. The number of carbonyl (C=O) groups is 1. The minimum Gasteiger partial charge on any atom is -0.449 e. The largest absolute Gasteiger partial charge is 0.449 e. The van der Waals surface area contributed by atoms with Gasteiger partial charge in [-0.15, -0.1) is 0 Å². The molecule has 0 aliphatic heterocycles. The summed E-state index contributed by atoms with van der Waals surface area (Å²) in [6.07, 6.45) is 1.22. The Morgan fingerprint density at radius 1 is 1.50 bits per heavy atom. The third kappa shape index (κ3) is 2.40. The summed E-state index contributed by atoms with van der Waals surface area (Å²) >= 11 is 0. The minimum absolute atomic E-state index is 0.000903. The first-order chi connectivity index (χ1) is 8.58. The molecular formula is C11H11N3O4. The molecule has 7 heteroatoms. The molecule has 1 amide bonds. The SMILES string of the molecule is NC(=O)OCCc1cc([N+](=O)[O-])cc2[nH]ccc12. The number of ether oxygens (including phenoxy) is 1. The fraction of sp³-hybridized carbons (Fsp3) is 0.182. The van der Waals surface area contributed by atoms with Gasteiger partial charge in [0.2, 0.25) is 0 Å². The molecule has 0 radical (unpaired) electrons. The van der Waals surface area contributed by atoms with Crippen molar-refractivity contribution in [2.24, 2.45) is 5.73 Å². The first-order valence-corrected chi connectivity index (χ1v) is 5.24. The van der Waals surface area contributed by atoms with Crippen molar-refractivity contribution in [3.63, 3.8) is 0 Å².